The van der Waals surface area contributed by atoms with Crippen molar-refractivity contribution in [3.8, 4) is 0 Å². The van der Waals surface area contributed by atoms with E-state index in [9.17, 15) is 9.59 Å². The summed E-state index contributed by atoms with van der Waals surface area (Å²) in [5, 5.41) is 0. The van der Waals surface area contributed by atoms with E-state index in [0.29, 0.717) is 12.8 Å². The van der Waals surface area contributed by atoms with Crippen LogP contribution in [0.2, 0.25) is 0 Å². The van der Waals surface area contributed by atoms with E-state index in [1.54, 1.807) is 0 Å². The Kier molecular flexibility index (Phi) is 7.86. The smallest absolute Gasteiger partial charge is 0.303 e. The molecule has 1 atom stereocenters. The Bertz CT molecular complexity index is 213. The molecular formula is C13H24O3. The van der Waals surface area contributed by atoms with Crippen molar-refractivity contribution in [1.29, 1.82) is 0 Å². The monoisotopic (exact) mass is 228 g/mol. The average Bonchev–Trinajstić information content (AvgIpc) is 2.26. The fourth-order valence-corrected chi connectivity index (χ4v) is 1.78. The van der Waals surface area contributed by atoms with Crippen molar-refractivity contribution in [3.63, 3.8) is 0 Å². The highest BCUT2D eigenvalue weighted by molar-refractivity contribution is 5.72. The molecule has 0 N–H and O–H groups in total. The maximum atomic E-state index is 11.0. The molecule has 0 amide bonds. The van der Waals surface area contributed by atoms with Crippen LogP contribution in [-0.4, -0.2) is 17.9 Å². The van der Waals surface area contributed by atoms with Gasteiger partial charge in [-0.15, -0.1) is 0 Å². The van der Waals surface area contributed by atoms with Gasteiger partial charge in [-0.05, 0) is 19.3 Å². The van der Waals surface area contributed by atoms with Gasteiger partial charge in [-0.1, -0.05) is 39.5 Å². The zero-order chi connectivity index (χ0) is 12.4. The second kappa shape index (κ2) is 8.31. The predicted molar refractivity (Wildman–Crippen MR) is 64.2 cm³/mol. The molecule has 0 fully saturated rings. The van der Waals surface area contributed by atoms with E-state index in [1.807, 2.05) is 6.92 Å². The van der Waals surface area contributed by atoms with Gasteiger partial charge < -0.3 is 4.74 Å². The van der Waals surface area contributed by atoms with Crippen molar-refractivity contribution in [2.75, 3.05) is 0 Å². The molecular weight excluding hydrogens is 204 g/mol. The van der Waals surface area contributed by atoms with Crippen molar-refractivity contribution in [2.24, 2.45) is 0 Å². The lowest BCUT2D eigenvalue weighted by Crippen LogP contribution is -2.35. The molecule has 0 radical (unpaired) electrons. The van der Waals surface area contributed by atoms with Crippen LogP contribution in [0, 0.1) is 0 Å². The highest BCUT2D eigenvalue weighted by Gasteiger charge is 2.30. The van der Waals surface area contributed by atoms with Gasteiger partial charge in [0.1, 0.15) is 0 Å². The van der Waals surface area contributed by atoms with Gasteiger partial charge in [0.25, 0.3) is 0 Å². The third kappa shape index (κ3) is 5.89. The van der Waals surface area contributed by atoms with E-state index >= 15 is 0 Å². The number of hydrogen-bond donors (Lipinski definition) is 0. The Morgan fingerprint density at radius 3 is 2.25 bits per heavy atom. The first-order chi connectivity index (χ1) is 7.60. The highest BCUT2D eigenvalue weighted by Crippen LogP contribution is 2.22. The molecule has 16 heavy (non-hydrogen) atoms. The standard InChI is InChI=1S/C13H24O3/c1-4-6-7-8-9-10-13(5-2,11-14)16-12(3)15/h11H,4-10H2,1-3H3. The van der Waals surface area contributed by atoms with E-state index < -0.39 is 5.60 Å². The minimum Gasteiger partial charge on any atom is -0.452 e. The molecule has 0 spiro atoms. The molecule has 3 heteroatoms. The minimum absolute atomic E-state index is 0.373. The van der Waals surface area contributed by atoms with Gasteiger partial charge in [0.2, 0.25) is 0 Å². The largest absolute Gasteiger partial charge is 0.452 e. The molecule has 0 heterocycles. The highest BCUT2D eigenvalue weighted by atomic mass is 16.6. The third-order valence-electron chi connectivity index (χ3n) is 2.86. The number of unbranched alkanes of at least 4 members (excludes halogenated alkanes) is 4. The summed E-state index contributed by atoms with van der Waals surface area (Å²) in [5.41, 5.74) is -0.877. The molecule has 0 aliphatic carbocycles. The maximum absolute atomic E-state index is 11.0. The fraction of sp³-hybridized carbons (Fsp3) is 0.846. The zero-order valence-electron chi connectivity index (χ0n) is 10.8. The second-order valence-corrected chi connectivity index (χ2v) is 4.29. The molecule has 0 aromatic rings. The van der Waals surface area contributed by atoms with Gasteiger partial charge >= 0.3 is 5.97 Å². The van der Waals surface area contributed by atoms with Crippen LogP contribution in [0.1, 0.15) is 65.7 Å². The number of aldehydes is 1. The Balaban J connectivity index is 4.01. The van der Waals surface area contributed by atoms with Crippen LogP contribution < -0.4 is 0 Å². The normalized spacial score (nSPS) is 14.2. The summed E-state index contributed by atoms with van der Waals surface area (Å²) >= 11 is 0. The molecule has 0 aliphatic heterocycles. The van der Waals surface area contributed by atoms with Gasteiger partial charge in [0, 0.05) is 6.92 Å². The van der Waals surface area contributed by atoms with Crippen LogP contribution in [-0.2, 0) is 14.3 Å². The van der Waals surface area contributed by atoms with Gasteiger partial charge in [-0.2, -0.15) is 0 Å². The lowest BCUT2D eigenvalue weighted by molar-refractivity contribution is -0.161. The summed E-state index contributed by atoms with van der Waals surface area (Å²) in [4.78, 5) is 22.0. The summed E-state index contributed by atoms with van der Waals surface area (Å²) in [7, 11) is 0. The van der Waals surface area contributed by atoms with Crippen LogP contribution in [0.15, 0.2) is 0 Å². The summed E-state index contributed by atoms with van der Waals surface area (Å²) < 4.78 is 5.14. The lowest BCUT2D eigenvalue weighted by Gasteiger charge is -2.26. The Hall–Kier alpha value is -0.860. The number of rotatable bonds is 9. The molecule has 94 valence electrons. The van der Waals surface area contributed by atoms with Gasteiger partial charge in [-0.3, -0.25) is 9.59 Å². The lowest BCUT2D eigenvalue weighted by atomic mass is 9.94. The number of hydrogen-bond acceptors (Lipinski definition) is 3. The van der Waals surface area contributed by atoms with E-state index in [1.165, 1.54) is 26.2 Å². The Morgan fingerprint density at radius 1 is 1.19 bits per heavy atom. The molecule has 0 aliphatic rings. The maximum Gasteiger partial charge on any atom is 0.303 e. The van der Waals surface area contributed by atoms with E-state index in [-0.39, 0.29) is 5.97 Å². The van der Waals surface area contributed by atoms with E-state index in [4.69, 9.17) is 4.74 Å². The van der Waals surface area contributed by atoms with Crippen molar-refractivity contribution < 1.29 is 14.3 Å². The van der Waals surface area contributed by atoms with Crippen molar-refractivity contribution in [1.82, 2.24) is 0 Å². The molecule has 0 rings (SSSR count). The predicted octanol–water partition coefficient (Wildman–Crippen LogP) is 3.26. The van der Waals surface area contributed by atoms with Crippen LogP contribution in [0.4, 0.5) is 0 Å². The number of carbonyl (C=O) groups excluding carboxylic acids is 2. The minimum atomic E-state index is -0.877. The van der Waals surface area contributed by atoms with Crippen molar-refractivity contribution >= 4 is 12.3 Å². The van der Waals surface area contributed by atoms with Crippen LogP contribution in [0.25, 0.3) is 0 Å². The first-order valence-corrected chi connectivity index (χ1v) is 6.26. The summed E-state index contributed by atoms with van der Waals surface area (Å²) in [6.45, 7) is 5.40. The number of esters is 1. The van der Waals surface area contributed by atoms with Crippen LogP contribution in [0.5, 0.6) is 0 Å². The first kappa shape index (κ1) is 15.1. The molecule has 1 unspecified atom stereocenters. The molecule has 0 saturated carbocycles. The quantitative estimate of drug-likeness (QED) is 0.345. The summed E-state index contributed by atoms with van der Waals surface area (Å²) in [5.74, 6) is -0.373. The zero-order valence-corrected chi connectivity index (χ0v) is 10.8. The summed E-state index contributed by atoms with van der Waals surface area (Å²) in [6.07, 6.45) is 7.67. The van der Waals surface area contributed by atoms with Gasteiger partial charge in [-0.25, -0.2) is 0 Å². The fourth-order valence-electron chi connectivity index (χ4n) is 1.78. The topological polar surface area (TPSA) is 43.4 Å². The Morgan fingerprint density at radius 2 is 1.81 bits per heavy atom. The third-order valence-corrected chi connectivity index (χ3v) is 2.86. The molecule has 0 aromatic carbocycles. The van der Waals surface area contributed by atoms with Crippen LogP contribution >= 0.6 is 0 Å². The number of ether oxygens (including phenoxy) is 1. The van der Waals surface area contributed by atoms with E-state index in [2.05, 4.69) is 6.92 Å². The average molecular weight is 228 g/mol. The van der Waals surface area contributed by atoms with E-state index in [0.717, 1.165) is 19.1 Å². The molecule has 0 saturated heterocycles. The second-order valence-electron chi connectivity index (χ2n) is 4.29. The molecule has 0 aromatic heterocycles. The first-order valence-electron chi connectivity index (χ1n) is 6.26. The molecule has 3 nitrogen and oxygen atoms in total. The van der Waals surface area contributed by atoms with Gasteiger partial charge in [0.15, 0.2) is 11.9 Å². The summed E-state index contributed by atoms with van der Waals surface area (Å²) in [6, 6.07) is 0. The van der Waals surface area contributed by atoms with Gasteiger partial charge in [0.05, 0.1) is 0 Å². The van der Waals surface area contributed by atoms with Crippen molar-refractivity contribution in [3.05, 3.63) is 0 Å². The Labute approximate surface area is 98.6 Å². The van der Waals surface area contributed by atoms with Crippen LogP contribution in [0.3, 0.4) is 0 Å². The number of carbonyl (C=O) groups is 2. The SMILES string of the molecule is CCCCCCCC(C=O)(CC)OC(C)=O. The molecule has 0 bridgehead atoms. The van der Waals surface area contributed by atoms with Crippen molar-refractivity contribution in [2.45, 2.75) is 71.3 Å².